The minimum absolute atomic E-state index is 0.128. The Morgan fingerprint density at radius 2 is 1.57 bits per heavy atom. The van der Waals surface area contributed by atoms with Gasteiger partial charge in [-0.15, -0.1) is 0 Å². The van der Waals surface area contributed by atoms with E-state index in [0.717, 1.165) is 33.6 Å². The number of hydrogen-bond acceptors (Lipinski definition) is 5. The number of amidine groups is 1. The van der Waals surface area contributed by atoms with E-state index in [-0.39, 0.29) is 5.91 Å². The van der Waals surface area contributed by atoms with E-state index < -0.39 is 0 Å². The summed E-state index contributed by atoms with van der Waals surface area (Å²) in [5.41, 5.74) is 5.55. The maximum absolute atomic E-state index is 13.7. The molecular formula is C33H29ClN2O3S. The molecule has 202 valence electrons. The van der Waals surface area contributed by atoms with Crippen molar-refractivity contribution in [2.75, 3.05) is 11.5 Å². The van der Waals surface area contributed by atoms with E-state index in [4.69, 9.17) is 26.1 Å². The number of carbonyl (C=O) groups excluding carboxylic acids is 1. The van der Waals surface area contributed by atoms with Gasteiger partial charge in [-0.2, -0.15) is 0 Å². The molecule has 5 nitrogen and oxygen atoms in total. The topological polar surface area (TPSA) is 51.1 Å². The van der Waals surface area contributed by atoms with Gasteiger partial charge in [0.05, 0.1) is 22.9 Å². The lowest BCUT2D eigenvalue weighted by Crippen LogP contribution is -2.28. The molecule has 7 heteroatoms. The molecule has 0 spiro atoms. The number of amides is 1. The van der Waals surface area contributed by atoms with Gasteiger partial charge in [-0.1, -0.05) is 71.3 Å². The van der Waals surface area contributed by atoms with Gasteiger partial charge in [-0.05, 0) is 86.6 Å². The highest BCUT2D eigenvalue weighted by molar-refractivity contribution is 8.19. The molecular weight excluding hydrogens is 540 g/mol. The first-order chi connectivity index (χ1) is 19.4. The molecule has 1 fully saturated rings. The quantitative estimate of drug-likeness (QED) is 0.199. The number of anilines is 1. The van der Waals surface area contributed by atoms with Crippen molar-refractivity contribution in [2.24, 2.45) is 4.99 Å². The molecule has 4 aromatic carbocycles. The zero-order chi connectivity index (χ0) is 28.1. The first-order valence-electron chi connectivity index (χ1n) is 13.0. The minimum atomic E-state index is -0.128. The minimum Gasteiger partial charge on any atom is -0.490 e. The maximum Gasteiger partial charge on any atom is 0.271 e. The summed E-state index contributed by atoms with van der Waals surface area (Å²) in [5.74, 6) is 1.08. The molecule has 0 bridgehead atoms. The van der Waals surface area contributed by atoms with Gasteiger partial charge in [0.25, 0.3) is 5.91 Å². The molecule has 0 unspecified atom stereocenters. The van der Waals surface area contributed by atoms with Crippen LogP contribution in [0.5, 0.6) is 11.5 Å². The highest BCUT2D eigenvalue weighted by Crippen LogP contribution is 2.38. The number of benzene rings is 4. The summed E-state index contributed by atoms with van der Waals surface area (Å²) in [6.07, 6.45) is 1.87. The van der Waals surface area contributed by atoms with Crippen LogP contribution < -0.4 is 14.4 Å². The Morgan fingerprint density at radius 1 is 0.875 bits per heavy atom. The van der Waals surface area contributed by atoms with Gasteiger partial charge in [-0.25, -0.2) is 4.99 Å². The fourth-order valence-electron chi connectivity index (χ4n) is 4.12. The van der Waals surface area contributed by atoms with Gasteiger partial charge >= 0.3 is 0 Å². The Kier molecular flexibility index (Phi) is 8.58. The third-order valence-corrected chi connectivity index (χ3v) is 7.60. The normalized spacial score (nSPS) is 15.2. The maximum atomic E-state index is 13.7. The van der Waals surface area contributed by atoms with Crippen LogP contribution in [0.3, 0.4) is 0 Å². The SMILES string of the molecule is CCOc1cc(/C=C2\SC(=Nc3ccc(C)cc3)N(c3ccc(C)cc3)C2=O)ccc1OCc1ccccc1Cl. The predicted octanol–water partition coefficient (Wildman–Crippen LogP) is 8.74. The van der Waals surface area contributed by atoms with Crippen LogP contribution >= 0.6 is 23.4 Å². The summed E-state index contributed by atoms with van der Waals surface area (Å²) in [4.78, 5) is 20.8. The van der Waals surface area contributed by atoms with Crippen molar-refractivity contribution in [1.29, 1.82) is 0 Å². The van der Waals surface area contributed by atoms with Crippen LogP contribution in [0.25, 0.3) is 6.08 Å². The van der Waals surface area contributed by atoms with Gasteiger partial charge in [-0.3, -0.25) is 9.69 Å². The van der Waals surface area contributed by atoms with Crippen molar-refractivity contribution >= 4 is 51.9 Å². The number of aryl methyl sites for hydroxylation is 2. The summed E-state index contributed by atoms with van der Waals surface area (Å²) in [5, 5.41) is 1.26. The Balaban J connectivity index is 1.45. The lowest BCUT2D eigenvalue weighted by Gasteiger charge is -2.16. The molecule has 1 aliphatic heterocycles. The van der Waals surface area contributed by atoms with Crippen LogP contribution in [0.2, 0.25) is 5.02 Å². The van der Waals surface area contributed by atoms with Gasteiger partial charge < -0.3 is 9.47 Å². The highest BCUT2D eigenvalue weighted by atomic mass is 35.5. The molecule has 1 amide bonds. The van der Waals surface area contributed by atoms with Crippen molar-refractivity contribution in [1.82, 2.24) is 0 Å². The molecule has 0 radical (unpaired) electrons. The molecule has 0 atom stereocenters. The molecule has 1 aliphatic rings. The molecule has 0 aliphatic carbocycles. The molecule has 0 N–H and O–H groups in total. The van der Waals surface area contributed by atoms with E-state index in [2.05, 4.69) is 0 Å². The van der Waals surface area contributed by atoms with Crippen molar-refractivity contribution < 1.29 is 14.3 Å². The second kappa shape index (κ2) is 12.5. The van der Waals surface area contributed by atoms with Crippen molar-refractivity contribution in [2.45, 2.75) is 27.4 Å². The van der Waals surface area contributed by atoms with E-state index >= 15 is 0 Å². The van der Waals surface area contributed by atoms with Gasteiger partial charge in [0.1, 0.15) is 6.61 Å². The first kappa shape index (κ1) is 27.6. The summed E-state index contributed by atoms with van der Waals surface area (Å²) >= 11 is 7.65. The summed E-state index contributed by atoms with van der Waals surface area (Å²) in [6, 6.07) is 29.1. The van der Waals surface area contributed by atoms with E-state index in [1.54, 1.807) is 4.90 Å². The molecule has 4 aromatic rings. The monoisotopic (exact) mass is 568 g/mol. The van der Waals surface area contributed by atoms with Crippen LogP contribution in [0, 0.1) is 13.8 Å². The molecule has 0 saturated carbocycles. The van der Waals surface area contributed by atoms with Crippen molar-refractivity contribution in [3.8, 4) is 11.5 Å². The fourth-order valence-corrected chi connectivity index (χ4v) is 5.32. The third kappa shape index (κ3) is 6.41. The number of carbonyl (C=O) groups is 1. The number of rotatable bonds is 8. The Bertz CT molecular complexity index is 1580. The number of halogens is 1. The number of nitrogens with zero attached hydrogens (tertiary/aromatic N) is 2. The summed E-state index contributed by atoms with van der Waals surface area (Å²) < 4.78 is 11.9. The van der Waals surface area contributed by atoms with Crippen LogP contribution in [-0.4, -0.2) is 17.7 Å². The smallest absolute Gasteiger partial charge is 0.271 e. The van der Waals surface area contributed by atoms with Crippen molar-refractivity contribution in [3.63, 3.8) is 0 Å². The summed E-state index contributed by atoms with van der Waals surface area (Å²) in [6.45, 7) is 6.78. The molecule has 1 saturated heterocycles. The Labute approximate surface area is 244 Å². The summed E-state index contributed by atoms with van der Waals surface area (Å²) in [7, 11) is 0. The standard InChI is InChI=1S/C33H29ClN2O3S/c1-4-38-30-19-24(13-18-29(30)39-21-25-7-5-6-8-28(25)34)20-31-32(37)36(27-16-11-23(3)12-17-27)33(40-31)35-26-14-9-22(2)10-15-26/h5-20H,4,21H2,1-3H3/b31-20-,35-33?. The van der Waals surface area contributed by atoms with Crippen LogP contribution in [-0.2, 0) is 11.4 Å². The van der Waals surface area contributed by atoms with Crippen molar-refractivity contribution in [3.05, 3.63) is 123 Å². The van der Waals surface area contributed by atoms with Gasteiger partial charge in [0, 0.05) is 10.6 Å². The zero-order valence-electron chi connectivity index (χ0n) is 22.6. The lowest BCUT2D eigenvalue weighted by atomic mass is 10.1. The predicted molar refractivity (Wildman–Crippen MR) is 166 cm³/mol. The van der Waals surface area contributed by atoms with Gasteiger partial charge in [0.2, 0.25) is 0 Å². The first-order valence-corrected chi connectivity index (χ1v) is 14.2. The molecule has 0 aromatic heterocycles. The van der Waals surface area contributed by atoms with E-state index in [9.17, 15) is 4.79 Å². The van der Waals surface area contributed by atoms with Gasteiger partial charge in [0.15, 0.2) is 16.7 Å². The second-order valence-electron chi connectivity index (χ2n) is 9.34. The highest BCUT2D eigenvalue weighted by Gasteiger charge is 2.34. The molecule has 40 heavy (non-hydrogen) atoms. The number of thioether (sulfide) groups is 1. The number of hydrogen-bond donors (Lipinski definition) is 0. The Hall–Kier alpha value is -4.00. The largest absolute Gasteiger partial charge is 0.490 e. The average Bonchev–Trinajstić information content (AvgIpc) is 3.25. The number of aliphatic imine (C=N–C) groups is 1. The molecule has 5 rings (SSSR count). The Morgan fingerprint density at radius 3 is 2.27 bits per heavy atom. The molecule has 1 heterocycles. The van der Waals surface area contributed by atoms with E-state index in [1.807, 2.05) is 118 Å². The van der Waals surface area contributed by atoms with Crippen LogP contribution in [0.1, 0.15) is 29.2 Å². The number of ether oxygens (including phenoxy) is 2. The zero-order valence-corrected chi connectivity index (χ0v) is 24.1. The third-order valence-electron chi connectivity index (χ3n) is 6.26. The van der Waals surface area contributed by atoms with E-state index in [0.29, 0.717) is 39.8 Å². The lowest BCUT2D eigenvalue weighted by molar-refractivity contribution is -0.113. The second-order valence-corrected chi connectivity index (χ2v) is 10.8. The van der Waals surface area contributed by atoms with Crippen LogP contribution in [0.15, 0.2) is 101 Å². The fraction of sp³-hybridized carbons (Fsp3) is 0.152. The van der Waals surface area contributed by atoms with Crippen LogP contribution in [0.4, 0.5) is 11.4 Å². The van der Waals surface area contributed by atoms with E-state index in [1.165, 1.54) is 11.8 Å². The average molecular weight is 569 g/mol.